The molecule has 6 nitrogen and oxygen atoms in total. The molecule has 1 N–H and O–H groups in total. The van der Waals surface area contributed by atoms with E-state index in [0.29, 0.717) is 22.9 Å². The Morgan fingerprint density at radius 3 is 2.42 bits per heavy atom. The number of carbonyl (C=O) groups is 1. The maximum absolute atomic E-state index is 12.7. The van der Waals surface area contributed by atoms with Crippen LogP contribution in [0.5, 0.6) is 17.4 Å². The first-order valence-corrected chi connectivity index (χ1v) is 9.74. The van der Waals surface area contributed by atoms with Crippen molar-refractivity contribution < 1.29 is 14.3 Å². The van der Waals surface area contributed by atoms with Gasteiger partial charge in [0.25, 0.3) is 5.91 Å². The van der Waals surface area contributed by atoms with Crippen LogP contribution in [0, 0.1) is 6.92 Å². The second-order valence-electron chi connectivity index (χ2n) is 6.87. The van der Waals surface area contributed by atoms with Gasteiger partial charge in [-0.2, -0.15) is 0 Å². The second kappa shape index (κ2) is 9.09. The second-order valence-corrected chi connectivity index (χ2v) is 6.87. The lowest BCUT2D eigenvalue weighted by Gasteiger charge is -2.10. The highest BCUT2D eigenvalue weighted by molar-refractivity contribution is 6.05. The molecule has 0 unspecified atom stereocenters. The Labute approximate surface area is 180 Å². The van der Waals surface area contributed by atoms with Gasteiger partial charge in [-0.15, -0.1) is 0 Å². The molecule has 6 heteroatoms. The quantitative estimate of drug-likeness (QED) is 0.453. The zero-order valence-corrected chi connectivity index (χ0v) is 17.2. The van der Waals surface area contributed by atoms with E-state index in [1.807, 2.05) is 55.5 Å². The van der Waals surface area contributed by atoms with Gasteiger partial charge in [-0.3, -0.25) is 4.79 Å². The third-order valence-corrected chi connectivity index (χ3v) is 4.74. The van der Waals surface area contributed by atoms with Gasteiger partial charge in [0.15, 0.2) is 0 Å². The van der Waals surface area contributed by atoms with Crippen molar-refractivity contribution in [1.82, 2.24) is 9.97 Å². The van der Waals surface area contributed by atoms with Gasteiger partial charge in [0.1, 0.15) is 17.8 Å². The smallest absolute Gasteiger partial charge is 0.255 e. The lowest BCUT2D eigenvalue weighted by Crippen LogP contribution is -2.12. The van der Waals surface area contributed by atoms with E-state index in [0.717, 1.165) is 22.6 Å². The molecule has 4 aromatic rings. The largest absolute Gasteiger partial charge is 0.497 e. The lowest BCUT2D eigenvalue weighted by atomic mass is 10.1. The number of nitrogens with zero attached hydrogens (tertiary/aromatic N) is 2. The number of para-hydroxylation sites is 1. The Morgan fingerprint density at radius 2 is 1.65 bits per heavy atom. The molecule has 0 radical (unpaired) electrons. The van der Waals surface area contributed by atoms with E-state index in [2.05, 4.69) is 15.3 Å². The highest BCUT2D eigenvalue weighted by Gasteiger charge is 2.10. The predicted octanol–water partition coefficient (Wildman–Crippen LogP) is 5.51. The highest BCUT2D eigenvalue weighted by Crippen LogP contribution is 2.26. The van der Waals surface area contributed by atoms with Crippen LogP contribution in [0.3, 0.4) is 0 Å². The number of benzene rings is 3. The van der Waals surface area contributed by atoms with Crippen molar-refractivity contribution in [3.63, 3.8) is 0 Å². The zero-order chi connectivity index (χ0) is 21.6. The van der Waals surface area contributed by atoms with E-state index in [1.54, 1.807) is 37.4 Å². The van der Waals surface area contributed by atoms with Crippen LogP contribution in [0.4, 0.5) is 5.69 Å². The van der Waals surface area contributed by atoms with Crippen LogP contribution in [0.1, 0.15) is 15.9 Å². The Kier molecular flexibility index (Phi) is 5.89. The van der Waals surface area contributed by atoms with Gasteiger partial charge >= 0.3 is 0 Å². The molecular formula is C25H21N3O3. The first kappa shape index (κ1) is 20.1. The maximum Gasteiger partial charge on any atom is 0.255 e. The summed E-state index contributed by atoms with van der Waals surface area (Å²) in [5, 5.41) is 2.95. The molecule has 0 fully saturated rings. The molecule has 1 aromatic heterocycles. The summed E-state index contributed by atoms with van der Waals surface area (Å²) in [6.45, 7) is 1.96. The third-order valence-electron chi connectivity index (χ3n) is 4.74. The van der Waals surface area contributed by atoms with E-state index in [9.17, 15) is 4.79 Å². The number of methoxy groups -OCH3 is 1. The minimum Gasteiger partial charge on any atom is -0.497 e. The number of ether oxygens (including phenoxy) is 2. The number of hydrogen-bond acceptors (Lipinski definition) is 5. The molecule has 4 rings (SSSR count). The molecule has 0 saturated carbocycles. The summed E-state index contributed by atoms with van der Waals surface area (Å²) in [7, 11) is 1.61. The molecule has 154 valence electrons. The van der Waals surface area contributed by atoms with Gasteiger partial charge in [0, 0.05) is 22.9 Å². The van der Waals surface area contributed by atoms with Crippen molar-refractivity contribution in [3.05, 3.63) is 96.3 Å². The van der Waals surface area contributed by atoms with Crippen molar-refractivity contribution in [2.75, 3.05) is 12.4 Å². The van der Waals surface area contributed by atoms with Gasteiger partial charge in [-0.1, -0.05) is 30.3 Å². The molecule has 1 heterocycles. The molecule has 0 aliphatic heterocycles. The number of aryl methyl sites for hydroxylation is 1. The van der Waals surface area contributed by atoms with Crippen LogP contribution < -0.4 is 14.8 Å². The summed E-state index contributed by atoms with van der Waals surface area (Å²) in [5.41, 5.74) is 3.78. The number of carbonyl (C=O) groups excluding carboxylic acids is 1. The fraction of sp³-hybridized carbons (Fsp3) is 0.0800. The van der Waals surface area contributed by atoms with Gasteiger partial charge in [0.2, 0.25) is 5.88 Å². The van der Waals surface area contributed by atoms with Crippen LogP contribution in [0.15, 0.2) is 85.2 Å². The molecule has 0 aliphatic carbocycles. The van der Waals surface area contributed by atoms with E-state index in [-0.39, 0.29) is 5.91 Å². The molecule has 0 aliphatic rings. The average Bonchev–Trinajstić information content (AvgIpc) is 2.81. The minimum atomic E-state index is -0.181. The average molecular weight is 411 g/mol. The van der Waals surface area contributed by atoms with Crippen LogP contribution in [0.2, 0.25) is 0 Å². The predicted molar refractivity (Wildman–Crippen MR) is 120 cm³/mol. The lowest BCUT2D eigenvalue weighted by molar-refractivity contribution is 0.102. The molecule has 31 heavy (non-hydrogen) atoms. The van der Waals surface area contributed by atoms with Crippen LogP contribution >= 0.6 is 0 Å². The molecule has 1 amide bonds. The van der Waals surface area contributed by atoms with Crippen molar-refractivity contribution in [1.29, 1.82) is 0 Å². The van der Waals surface area contributed by atoms with Gasteiger partial charge < -0.3 is 14.8 Å². The zero-order valence-electron chi connectivity index (χ0n) is 17.2. The van der Waals surface area contributed by atoms with E-state index in [1.165, 1.54) is 6.33 Å². The number of anilines is 1. The van der Waals surface area contributed by atoms with E-state index in [4.69, 9.17) is 9.47 Å². The number of aromatic nitrogens is 2. The summed E-state index contributed by atoms with van der Waals surface area (Å²) in [6, 6.07) is 23.9. The summed E-state index contributed by atoms with van der Waals surface area (Å²) < 4.78 is 11.0. The van der Waals surface area contributed by atoms with E-state index < -0.39 is 0 Å². The monoisotopic (exact) mass is 411 g/mol. The molecule has 0 atom stereocenters. The number of rotatable bonds is 6. The number of amides is 1. The Hall–Kier alpha value is -4.19. The molecule has 3 aromatic carbocycles. The van der Waals surface area contributed by atoms with Crippen LogP contribution in [-0.4, -0.2) is 23.0 Å². The molecule has 0 bridgehead atoms. The summed E-state index contributed by atoms with van der Waals surface area (Å²) >= 11 is 0. The normalized spacial score (nSPS) is 10.4. The first-order valence-electron chi connectivity index (χ1n) is 9.74. The van der Waals surface area contributed by atoms with Gasteiger partial charge in [-0.05, 0) is 55.0 Å². The van der Waals surface area contributed by atoms with Crippen molar-refractivity contribution in [3.8, 4) is 28.6 Å². The van der Waals surface area contributed by atoms with Gasteiger partial charge in [0.05, 0.1) is 12.8 Å². The molecule has 0 spiro atoms. The van der Waals surface area contributed by atoms with Crippen LogP contribution in [-0.2, 0) is 0 Å². The summed E-state index contributed by atoms with van der Waals surface area (Å²) in [4.78, 5) is 21.2. The van der Waals surface area contributed by atoms with Gasteiger partial charge in [-0.25, -0.2) is 9.97 Å². The van der Waals surface area contributed by atoms with Crippen molar-refractivity contribution in [2.45, 2.75) is 6.92 Å². The van der Waals surface area contributed by atoms with Crippen molar-refractivity contribution in [2.24, 2.45) is 0 Å². The Morgan fingerprint density at radius 1 is 0.871 bits per heavy atom. The summed E-state index contributed by atoms with van der Waals surface area (Å²) in [6.07, 6.45) is 1.44. The fourth-order valence-corrected chi connectivity index (χ4v) is 3.05. The minimum absolute atomic E-state index is 0.181. The highest BCUT2D eigenvalue weighted by atomic mass is 16.5. The first-order chi connectivity index (χ1) is 15.1. The Bertz CT molecular complexity index is 1210. The number of nitrogens with one attached hydrogen (secondary N) is 1. The SMILES string of the molecule is COc1ccc(Oc2cc(-c3cccc(C(=O)Nc4ccccc4C)c3)ncn2)cc1. The topological polar surface area (TPSA) is 73.3 Å². The Balaban J connectivity index is 1.54. The fourth-order valence-electron chi connectivity index (χ4n) is 3.05. The molecule has 0 saturated heterocycles. The van der Waals surface area contributed by atoms with E-state index >= 15 is 0 Å². The third kappa shape index (κ3) is 4.87. The maximum atomic E-state index is 12.7. The molecular weight excluding hydrogens is 390 g/mol. The van der Waals surface area contributed by atoms with Crippen LogP contribution in [0.25, 0.3) is 11.3 Å². The number of hydrogen-bond donors (Lipinski definition) is 1. The standard InChI is InChI=1S/C25H21N3O3/c1-17-6-3-4-9-22(17)28-25(29)19-8-5-7-18(14-19)23-15-24(27-16-26-23)31-21-12-10-20(30-2)11-13-21/h3-16H,1-2H3,(H,28,29). The van der Waals surface area contributed by atoms with Crippen molar-refractivity contribution >= 4 is 11.6 Å². The summed E-state index contributed by atoms with van der Waals surface area (Å²) in [5.74, 6) is 1.61.